The zero-order valence-electron chi connectivity index (χ0n) is 11.0. The van der Waals surface area contributed by atoms with E-state index in [-0.39, 0.29) is 6.04 Å². The van der Waals surface area contributed by atoms with Gasteiger partial charge < -0.3 is 9.73 Å². The van der Waals surface area contributed by atoms with Crippen LogP contribution in [0.2, 0.25) is 5.02 Å². The average molecular weight is 343 g/mol. The van der Waals surface area contributed by atoms with E-state index in [1.54, 1.807) is 6.26 Å². The molecule has 1 aromatic heterocycles. The quantitative estimate of drug-likeness (QED) is 0.818. The van der Waals surface area contributed by atoms with Crippen molar-refractivity contribution in [1.82, 2.24) is 5.32 Å². The summed E-state index contributed by atoms with van der Waals surface area (Å²) in [4.78, 5) is 0. The van der Waals surface area contributed by atoms with Crippen molar-refractivity contribution in [2.75, 3.05) is 6.54 Å². The first-order valence-electron chi connectivity index (χ1n) is 6.35. The van der Waals surface area contributed by atoms with Gasteiger partial charge in [0.1, 0.15) is 5.76 Å². The molecule has 1 atom stereocenters. The van der Waals surface area contributed by atoms with E-state index >= 15 is 0 Å². The van der Waals surface area contributed by atoms with Crippen LogP contribution in [0.15, 0.2) is 39.4 Å². The van der Waals surface area contributed by atoms with Gasteiger partial charge in [-0.3, -0.25) is 0 Å². The van der Waals surface area contributed by atoms with E-state index in [0.29, 0.717) is 0 Å². The summed E-state index contributed by atoms with van der Waals surface area (Å²) in [5, 5.41) is 4.28. The summed E-state index contributed by atoms with van der Waals surface area (Å²) in [5.74, 6) is 0.902. The number of hydrogen-bond donors (Lipinski definition) is 1. The van der Waals surface area contributed by atoms with E-state index in [4.69, 9.17) is 16.0 Å². The second kappa shape index (κ2) is 6.60. The van der Waals surface area contributed by atoms with Crippen LogP contribution >= 0.6 is 27.5 Å². The molecular weight excluding hydrogens is 326 g/mol. The Morgan fingerprint density at radius 1 is 1.37 bits per heavy atom. The van der Waals surface area contributed by atoms with Crippen molar-refractivity contribution in [2.24, 2.45) is 0 Å². The molecule has 2 aromatic rings. The fraction of sp³-hybridized carbons (Fsp3) is 0.333. The Morgan fingerprint density at radius 3 is 2.74 bits per heavy atom. The summed E-state index contributed by atoms with van der Waals surface area (Å²) in [5.41, 5.74) is 2.35. The zero-order valence-corrected chi connectivity index (χ0v) is 13.4. The molecular formula is C15H17BrClNO. The van der Waals surface area contributed by atoms with Gasteiger partial charge in [-0.1, -0.05) is 24.6 Å². The maximum atomic E-state index is 6.03. The molecule has 0 saturated carbocycles. The first kappa shape index (κ1) is 14.6. The lowest BCUT2D eigenvalue weighted by atomic mass is 9.99. The predicted octanol–water partition coefficient (Wildman–Crippen LogP) is 5.09. The van der Waals surface area contributed by atoms with Gasteiger partial charge in [-0.25, -0.2) is 0 Å². The molecule has 1 unspecified atom stereocenters. The van der Waals surface area contributed by atoms with Gasteiger partial charge in [0, 0.05) is 5.02 Å². The lowest BCUT2D eigenvalue weighted by molar-refractivity contribution is 0.443. The molecule has 4 heteroatoms. The van der Waals surface area contributed by atoms with Gasteiger partial charge in [0.2, 0.25) is 0 Å². The molecule has 1 aromatic carbocycles. The highest BCUT2D eigenvalue weighted by Gasteiger charge is 2.21. The Morgan fingerprint density at radius 2 is 2.16 bits per heavy atom. The van der Waals surface area contributed by atoms with Crippen molar-refractivity contribution < 1.29 is 4.42 Å². The summed E-state index contributed by atoms with van der Waals surface area (Å²) in [7, 11) is 0. The summed E-state index contributed by atoms with van der Waals surface area (Å²) < 4.78 is 6.60. The first-order valence-corrected chi connectivity index (χ1v) is 7.53. The van der Waals surface area contributed by atoms with Crippen LogP contribution in [-0.2, 0) is 0 Å². The van der Waals surface area contributed by atoms with E-state index in [0.717, 1.165) is 33.8 Å². The number of benzene rings is 1. The van der Waals surface area contributed by atoms with Gasteiger partial charge in [-0.05, 0) is 65.1 Å². The Labute approximate surface area is 127 Å². The van der Waals surface area contributed by atoms with Crippen LogP contribution in [-0.4, -0.2) is 6.54 Å². The molecule has 2 nitrogen and oxygen atoms in total. The topological polar surface area (TPSA) is 25.2 Å². The van der Waals surface area contributed by atoms with Gasteiger partial charge in [-0.2, -0.15) is 0 Å². The second-order valence-electron chi connectivity index (χ2n) is 4.52. The molecule has 2 rings (SSSR count). The highest BCUT2D eigenvalue weighted by atomic mass is 79.9. The number of aryl methyl sites for hydroxylation is 1. The second-order valence-corrected chi connectivity index (χ2v) is 5.81. The highest BCUT2D eigenvalue weighted by molar-refractivity contribution is 9.10. The summed E-state index contributed by atoms with van der Waals surface area (Å²) >= 11 is 9.56. The van der Waals surface area contributed by atoms with Crippen molar-refractivity contribution in [2.45, 2.75) is 26.3 Å². The Hall–Kier alpha value is -0.770. The minimum Gasteiger partial charge on any atom is -0.466 e. The number of rotatable bonds is 5. The lowest BCUT2D eigenvalue weighted by Crippen LogP contribution is -2.23. The van der Waals surface area contributed by atoms with E-state index in [1.165, 1.54) is 5.56 Å². The van der Waals surface area contributed by atoms with Crippen molar-refractivity contribution in [3.63, 3.8) is 0 Å². The molecule has 0 aliphatic carbocycles. The summed E-state index contributed by atoms with van der Waals surface area (Å²) in [6.45, 7) is 5.15. The minimum absolute atomic E-state index is 0.0431. The molecule has 0 amide bonds. The molecule has 0 spiro atoms. The number of nitrogens with one attached hydrogen (secondary N) is 1. The Kier molecular flexibility index (Phi) is 5.08. The van der Waals surface area contributed by atoms with Gasteiger partial charge in [-0.15, -0.1) is 0 Å². The van der Waals surface area contributed by atoms with Gasteiger partial charge >= 0.3 is 0 Å². The van der Waals surface area contributed by atoms with E-state index in [9.17, 15) is 0 Å². The normalized spacial score (nSPS) is 12.6. The van der Waals surface area contributed by atoms with Gasteiger partial charge in [0.25, 0.3) is 0 Å². The van der Waals surface area contributed by atoms with Gasteiger partial charge in [0.05, 0.1) is 16.8 Å². The molecule has 1 heterocycles. The SMILES string of the molecule is CCCNC(c1ccc(Cl)cc1C)c1occc1Br. The number of hydrogen-bond acceptors (Lipinski definition) is 2. The van der Waals surface area contributed by atoms with E-state index in [1.807, 2.05) is 18.2 Å². The van der Waals surface area contributed by atoms with Crippen LogP contribution in [0.3, 0.4) is 0 Å². The number of halogens is 2. The monoisotopic (exact) mass is 341 g/mol. The molecule has 0 aliphatic heterocycles. The van der Waals surface area contributed by atoms with Gasteiger partial charge in [0.15, 0.2) is 0 Å². The lowest BCUT2D eigenvalue weighted by Gasteiger charge is -2.19. The van der Waals surface area contributed by atoms with Crippen molar-refractivity contribution in [3.05, 3.63) is 56.9 Å². The Bertz CT molecular complexity index is 553. The zero-order chi connectivity index (χ0) is 13.8. The van der Waals surface area contributed by atoms with E-state index in [2.05, 4.69) is 41.2 Å². The fourth-order valence-electron chi connectivity index (χ4n) is 2.11. The molecule has 0 saturated heterocycles. The molecule has 0 bridgehead atoms. The molecule has 0 aliphatic rings. The van der Waals surface area contributed by atoms with Crippen molar-refractivity contribution in [1.29, 1.82) is 0 Å². The van der Waals surface area contributed by atoms with Crippen molar-refractivity contribution in [3.8, 4) is 0 Å². The maximum Gasteiger partial charge on any atom is 0.139 e. The fourth-order valence-corrected chi connectivity index (χ4v) is 2.76. The molecule has 1 N–H and O–H groups in total. The maximum absolute atomic E-state index is 6.03. The van der Waals surface area contributed by atoms with E-state index < -0.39 is 0 Å². The largest absolute Gasteiger partial charge is 0.466 e. The third kappa shape index (κ3) is 3.41. The molecule has 0 radical (unpaired) electrons. The van der Waals surface area contributed by atoms with Crippen LogP contribution in [0.25, 0.3) is 0 Å². The van der Waals surface area contributed by atoms with Crippen LogP contribution in [0.4, 0.5) is 0 Å². The van der Waals surface area contributed by atoms with Crippen LogP contribution in [0.1, 0.15) is 36.3 Å². The minimum atomic E-state index is 0.0431. The third-order valence-electron chi connectivity index (χ3n) is 3.05. The predicted molar refractivity (Wildman–Crippen MR) is 82.7 cm³/mol. The molecule has 0 fully saturated rings. The van der Waals surface area contributed by atoms with Crippen molar-refractivity contribution >= 4 is 27.5 Å². The van der Waals surface area contributed by atoms with Crippen LogP contribution < -0.4 is 5.32 Å². The number of furan rings is 1. The average Bonchev–Trinajstić information content (AvgIpc) is 2.78. The smallest absolute Gasteiger partial charge is 0.139 e. The van der Waals surface area contributed by atoms with Crippen LogP contribution in [0.5, 0.6) is 0 Å². The third-order valence-corrected chi connectivity index (χ3v) is 3.94. The first-order chi connectivity index (χ1) is 9.13. The molecule has 19 heavy (non-hydrogen) atoms. The molecule has 102 valence electrons. The standard InChI is InChI=1S/C15H17BrClNO/c1-3-7-18-14(15-13(16)6-8-19-15)12-5-4-11(17)9-10(12)2/h4-6,8-9,14,18H,3,7H2,1-2H3. The van der Waals surface area contributed by atoms with Crippen LogP contribution in [0, 0.1) is 6.92 Å². The Balaban J connectivity index is 2.40. The summed E-state index contributed by atoms with van der Waals surface area (Å²) in [6.07, 6.45) is 2.77. The highest BCUT2D eigenvalue weighted by Crippen LogP contribution is 2.32. The summed E-state index contributed by atoms with van der Waals surface area (Å²) in [6, 6.07) is 7.92.